The van der Waals surface area contributed by atoms with Crippen LogP contribution in [0.25, 0.3) is 0 Å². The molecule has 0 bridgehead atoms. The van der Waals surface area contributed by atoms with Crippen molar-refractivity contribution in [2.75, 3.05) is 11.9 Å². The molecule has 0 aromatic heterocycles. The summed E-state index contributed by atoms with van der Waals surface area (Å²) in [4.78, 5) is 35.6. The van der Waals surface area contributed by atoms with Crippen molar-refractivity contribution in [3.63, 3.8) is 0 Å². The minimum absolute atomic E-state index is 0.0122. The summed E-state index contributed by atoms with van der Waals surface area (Å²) in [5.41, 5.74) is 2.07. The molecule has 0 aliphatic carbocycles. The van der Waals surface area contributed by atoms with E-state index < -0.39 is 11.9 Å². The Bertz CT molecular complexity index is 821. The Labute approximate surface area is 170 Å². The molecular formula is C19H17ClINO4. The molecule has 0 spiro atoms. The van der Waals surface area contributed by atoms with E-state index in [4.69, 9.17) is 16.3 Å². The van der Waals surface area contributed by atoms with Crippen LogP contribution in [0.3, 0.4) is 0 Å². The van der Waals surface area contributed by atoms with Gasteiger partial charge >= 0.3 is 5.97 Å². The lowest BCUT2D eigenvalue weighted by Gasteiger charge is -2.09. The summed E-state index contributed by atoms with van der Waals surface area (Å²) in [7, 11) is 0. The molecule has 1 N–H and O–H groups in total. The monoisotopic (exact) mass is 485 g/mol. The van der Waals surface area contributed by atoms with Gasteiger partial charge in [-0.05, 0) is 77.5 Å². The topological polar surface area (TPSA) is 72.5 Å². The average Bonchev–Trinajstić information content (AvgIpc) is 2.61. The molecule has 7 heteroatoms. The van der Waals surface area contributed by atoms with Crippen molar-refractivity contribution in [2.45, 2.75) is 19.8 Å². The third-order valence-corrected chi connectivity index (χ3v) is 4.47. The number of benzene rings is 2. The maximum absolute atomic E-state index is 12.0. The third kappa shape index (κ3) is 6.42. The number of aryl methyl sites for hydroxylation is 1. The van der Waals surface area contributed by atoms with Gasteiger partial charge < -0.3 is 10.1 Å². The highest BCUT2D eigenvalue weighted by Gasteiger charge is 2.12. The normalized spacial score (nSPS) is 10.3. The molecular weight excluding hydrogens is 469 g/mol. The van der Waals surface area contributed by atoms with E-state index in [0.29, 0.717) is 16.3 Å². The second-order valence-electron chi connectivity index (χ2n) is 5.60. The van der Waals surface area contributed by atoms with Gasteiger partial charge in [-0.2, -0.15) is 0 Å². The second kappa shape index (κ2) is 9.68. The maximum Gasteiger partial charge on any atom is 0.306 e. The summed E-state index contributed by atoms with van der Waals surface area (Å²) in [6.45, 7) is 1.49. The first-order valence-electron chi connectivity index (χ1n) is 7.85. The summed E-state index contributed by atoms with van der Waals surface area (Å²) in [5.74, 6) is -1.20. The number of carbonyl (C=O) groups excluding carboxylic acids is 3. The highest BCUT2D eigenvalue weighted by atomic mass is 127. The van der Waals surface area contributed by atoms with E-state index in [1.807, 2.05) is 19.1 Å². The first-order valence-corrected chi connectivity index (χ1v) is 9.31. The molecule has 0 radical (unpaired) electrons. The zero-order valence-electron chi connectivity index (χ0n) is 14.1. The molecule has 136 valence electrons. The molecule has 0 heterocycles. The predicted octanol–water partition coefficient (Wildman–Crippen LogP) is 4.40. The van der Waals surface area contributed by atoms with Gasteiger partial charge in [-0.3, -0.25) is 14.4 Å². The van der Waals surface area contributed by atoms with E-state index in [0.717, 1.165) is 9.13 Å². The number of anilines is 1. The summed E-state index contributed by atoms with van der Waals surface area (Å²) < 4.78 is 5.98. The number of ether oxygens (including phenoxy) is 1. The Kier molecular flexibility index (Phi) is 7.59. The number of hydrogen-bond acceptors (Lipinski definition) is 4. The van der Waals surface area contributed by atoms with E-state index in [9.17, 15) is 14.4 Å². The fraction of sp³-hybridized carbons (Fsp3) is 0.211. The first kappa shape index (κ1) is 20.4. The number of hydrogen-bond donors (Lipinski definition) is 1. The molecule has 5 nitrogen and oxygen atoms in total. The van der Waals surface area contributed by atoms with Crippen LogP contribution in [0.1, 0.15) is 28.8 Å². The summed E-state index contributed by atoms with van der Waals surface area (Å²) in [6, 6.07) is 12.0. The molecule has 2 aromatic carbocycles. The Morgan fingerprint density at radius 1 is 1.08 bits per heavy atom. The van der Waals surface area contributed by atoms with Crippen LogP contribution >= 0.6 is 34.2 Å². The number of halogens is 2. The standard InChI is InChI=1S/C19H17ClINO4/c1-12-10-15(21)6-7-16(12)22-18(24)11-26-19(25)9-8-17(23)13-2-4-14(20)5-3-13/h2-7,10H,8-9,11H2,1H3,(H,22,24). The zero-order chi connectivity index (χ0) is 19.1. The molecule has 0 fully saturated rings. The smallest absolute Gasteiger partial charge is 0.306 e. The quantitative estimate of drug-likeness (QED) is 0.358. The van der Waals surface area contributed by atoms with Gasteiger partial charge in [-0.1, -0.05) is 11.6 Å². The van der Waals surface area contributed by atoms with Crippen molar-refractivity contribution >= 4 is 57.5 Å². The first-order chi connectivity index (χ1) is 12.3. The van der Waals surface area contributed by atoms with Crippen LogP contribution in [0.4, 0.5) is 5.69 Å². The Hall–Kier alpha value is -1.93. The largest absolute Gasteiger partial charge is 0.456 e. The maximum atomic E-state index is 12.0. The van der Waals surface area contributed by atoms with Crippen LogP contribution in [-0.2, 0) is 14.3 Å². The molecule has 26 heavy (non-hydrogen) atoms. The minimum atomic E-state index is -0.596. The Balaban J connectivity index is 1.74. The molecule has 2 aromatic rings. The minimum Gasteiger partial charge on any atom is -0.456 e. The van der Waals surface area contributed by atoms with Crippen LogP contribution in [-0.4, -0.2) is 24.3 Å². The number of Topliss-reactive ketones (excluding diaryl/α,β-unsaturated/α-hetero) is 1. The van der Waals surface area contributed by atoms with E-state index in [-0.39, 0.29) is 25.2 Å². The SMILES string of the molecule is Cc1cc(I)ccc1NC(=O)COC(=O)CCC(=O)c1ccc(Cl)cc1. The van der Waals surface area contributed by atoms with Gasteiger partial charge in [-0.25, -0.2) is 0 Å². The molecule has 1 amide bonds. The highest BCUT2D eigenvalue weighted by Crippen LogP contribution is 2.17. The second-order valence-corrected chi connectivity index (χ2v) is 7.28. The van der Waals surface area contributed by atoms with Crippen LogP contribution in [0.2, 0.25) is 5.02 Å². The lowest BCUT2D eigenvalue weighted by Crippen LogP contribution is -2.21. The average molecular weight is 486 g/mol. The Morgan fingerprint density at radius 3 is 2.42 bits per heavy atom. The van der Waals surface area contributed by atoms with Crippen molar-refractivity contribution in [3.05, 3.63) is 62.2 Å². The lowest BCUT2D eigenvalue weighted by molar-refractivity contribution is -0.147. The fourth-order valence-electron chi connectivity index (χ4n) is 2.17. The molecule has 0 unspecified atom stereocenters. The van der Waals surface area contributed by atoms with E-state index in [1.165, 1.54) is 0 Å². The van der Waals surface area contributed by atoms with Crippen molar-refractivity contribution in [3.8, 4) is 0 Å². The van der Waals surface area contributed by atoms with Gasteiger partial charge in [0.2, 0.25) is 0 Å². The van der Waals surface area contributed by atoms with E-state index >= 15 is 0 Å². The molecule has 0 saturated carbocycles. The highest BCUT2D eigenvalue weighted by molar-refractivity contribution is 14.1. The molecule has 0 aliphatic rings. The van der Waals surface area contributed by atoms with Gasteiger partial charge in [0, 0.05) is 26.3 Å². The van der Waals surface area contributed by atoms with Crippen LogP contribution in [0.5, 0.6) is 0 Å². The predicted molar refractivity (Wildman–Crippen MR) is 109 cm³/mol. The summed E-state index contributed by atoms with van der Waals surface area (Å²) >= 11 is 7.95. The fourth-order valence-corrected chi connectivity index (χ4v) is 2.94. The van der Waals surface area contributed by atoms with Crippen molar-refractivity contribution < 1.29 is 19.1 Å². The third-order valence-electron chi connectivity index (χ3n) is 3.55. The number of esters is 1. The van der Waals surface area contributed by atoms with Crippen molar-refractivity contribution in [1.29, 1.82) is 0 Å². The number of ketones is 1. The van der Waals surface area contributed by atoms with Crippen molar-refractivity contribution in [1.82, 2.24) is 0 Å². The van der Waals surface area contributed by atoms with Crippen LogP contribution in [0, 0.1) is 10.5 Å². The van der Waals surface area contributed by atoms with Crippen LogP contribution < -0.4 is 5.32 Å². The Morgan fingerprint density at radius 2 is 1.77 bits per heavy atom. The lowest BCUT2D eigenvalue weighted by atomic mass is 10.1. The van der Waals surface area contributed by atoms with Crippen LogP contribution in [0.15, 0.2) is 42.5 Å². The summed E-state index contributed by atoms with van der Waals surface area (Å²) in [5, 5.41) is 3.23. The number of carbonyl (C=O) groups is 3. The van der Waals surface area contributed by atoms with Gasteiger partial charge in [-0.15, -0.1) is 0 Å². The van der Waals surface area contributed by atoms with Gasteiger partial charge in [0.1, 0.15) is 0 Å². The van der Waals surface area contributed by atoms with Gasteiger partial charge in [0.15, 0.2) is 12.4 Å². The zero-order valence-corrected chi connectivity index (χ0v) is 17.0. The number of amides is 1. The molecule has 0 atom stereocenters. The molecule has 0 saturated heterocycles. The number of rotatable bonds is 7. The van der Waals surface area contributed by atoms with Crippen molar-refractivity contribution in [2.24, 2.45) is 0 Å². The van der Waals surface area contributed by atoms with E-state index in [1.54, 1.807) is 30.3 Å². The molecule has 0 aliphatic heterocycles. The van der Waals surface area contributed by atoms with Gasteiger partial charge in [0.25, 0.3) is 5.91 Å². The van der Waals surface area contributed by atoms with E-state index in [2.05, 4.69) is 27.9 Å². The number of nitrogens with one attached hydrogen (secondary N) is 1. The summed E-state index contributed by atoms with van der Waals surface area (Å²) in [6.07, 6.45) is -0.0738. The van der Waals surface area contributed by atoms with Gasteiger partial charge in [0.05, 0.1) is 6.42 Å². The molecule has 2 rings (SSSR count).